The smallest absolute Gasteiger partial charge is 0.106 e. The number of hydrogen-bond acceptors (Lipinski definition) is 2. The van der Waals surface area contributed by atoms with E-state index in [2.05, 4.69) is 10.7 Å². The average molecular weight is 100 g/mol. The van der Waals surface area contributed by atoms with Crippen molar-refractivity contribution in [3.8, 4) is 0 Å². The fourth-order valence-electron chi connectivity index (χ4n) is 0.297. The minimum Gasteiger partial charge on any atom is -0.374 e. The van der Waals surface area contributed by atoms with E-state index < -0.39 is 0 Å². The van der Waals surface area contributed by atoms with Crippen LogP contribution in [0.5, 0.6) is 0 Å². The van der Waals surface area contributed by atoms with Gasteiger partial charge in [-0.2, -0.15) is 0 Å². The zero-order valence-electron chi connectivity index (χ0n) is 3.56. The molecule has 1 nitrogen and oxygen atoms in total. The molecule has 6 heavy (non-hydrogen) atoms. The standard InChI is InChI=1S/C4H6NS/c1-4-2-6-3-5-4/h2-3,5H,1H3. The van der Waals surface area contributed by atoms with Gasteiger partial charge in [-0.15, -0.1) is 11.8 Å². The predicted molar refractivity (Wildman–Crippen MR) is 28.8 cm³/mol. The fraction of sp³-hybridized carbons (Fsp3) is 0.250. The first-order valence-corrected chi connectivity index (χ1v) is 2.74. The van der Waals surface area contributed by atoms with Gasteiger partial charge in [0.1, 0.15) is 5.88 Å². The second-order valence-corrected chi connectivity index (χ2v) is 1.94. The first kappa shape index (κ1) is 4.06. The normalized spacial score (nSPS) is 19.8. The van der Waals surface area contributed by atoms with Gasteiger partial charge in [-0.3, -0.25) is 0 Å². The quantitative estimate of drug-likeness (QED) is 0.492. The summed E-state index contributed by atoms with van der Waals surface area (Å²) in [5.41, 5.74) is 1.24. The van der Waals surface area contributed by atoms with Crippen LogP contribution in [0.15, 0.2) is 11.1 Å². The number of nitrogens with one attached hydrogen (secondary N) is 1. The van der Waals surface area contributed by atoms with Gasteiger partial charge >= 0.3 is 0 Å². The topological polar surface area (TPSA) is 12.0 Å². The molecule has 0 aromatic carbocycles. The minimum absolute atomic E-state index is 1.24. The largest absolute Gasteiger partial charge is 0.374 e. The van der Waals surface area contributed by atoms with Gasteiger partial charge in [-0.1, -0.05) is 0 Å². The Kier molecular flexibility index (Phi) is 1.05. The second kappa shape index (κ2) is 1.56. The van der Waals surface area contributed by atoms with Crippen LogP contribution in [0.1, 0.15) is 6.92 Å². The van der Waals surface area contributed by atoms with Crippen molar-refractivity contribution < 1.29 is 0 Å². The summed E-state index contributed by atoms with van der Waals surface area (Å²) in [5.74, 6) is 1.95. The van der Waals surface area contributed by atoms with Crippen molar-refractivity contribution in [3.63, 3.8) is 0 Å². The molecule has 0 spiro atoms. The van der Waals surface area contributed by atoms with Gasteiger partial charge < -0.3 is 5.32 Å². The monoisotopic (exact) mass is 100 g/mol. The lowest BCUT2D eigenvalue weighted by molar-refractivity contribution is 1.06. The van der Waals surface area contributed by atoms with E-state index >= 15 is 0 Å². The summed E-state index contributed by atoms with van der Waals surface area (Å²) in [6.45, 7) is 2.04. The molecule has 0 atom stereocenters. The highest BCUT2D eigenvalue weighted by atomic mass is 32.2. The molecule has 1 heterocycles. The molecule has 1 rings (SSSR count). The predicted octanol–water partition coefficient (Wildman–Crippen LogP) is 1.30. The molecular formula is C4H6NS. The molecule has 33 valence electrons. The lowest BCUT2D eigenvalue weighted by Crippen LogP contribution is -1.96. The second-order valence-electron chi connectivity index (χ2n) is 1.20. The van der Waals surface area contributed by atoms with E-state index in [4.69, 9.17) is 0 Å². The number of allylic oxidation sites excluding steroid dienone is 1. The lowest BCUT2D eigenvalue weighted by Gasteiger charge is -1.86. The molecule has 0 fully saturated rings. The number of hydrogen-bond donors (Lipinski definition) is 1. The summed E-state index contributed by atoms with van der Waals surface area (Å²) in [6.07, 6.45) is 0. The molecule has 1 N–H and O–H groups in total. The van der Waals surface area contributed by atoms with Gasteiger partial charge in [0.25, 0.3) is 0 Å². The first-order chi connectivity index (χ1) is 2.89. The molecule has 0 bridgehead atoms. The molecule has 0 aromatic rings. The van der Waals surface area contributed by atoms with Crippen LogP contribution in [0, 0.1) is 5.88 Å². The van der Waals surface area contributed by atoms with Crippen molar-refractivity contribution in [2.45, 2.75) is 6.92 Å². The van der Waals surface area contributed by atoms with E-state index in [0.717, 1.165) is 0 Å². The SMILES string of the molecule is CC1=CS[CH]N1. The highest BCUT2D eigenvalue weighted by Gasteiger charge is 1.93. The van der Waals surface area contributed by atoms with Crippen LogP contribution in [0.25, 0.3) is 0 Å². The summed E-state index contributed by atoms with van der Waals surface area (Å²) in [5, 5.41) is 5.09. The Morgan fingerprint density at radius 3 is 2.83 bits per heavy atom. The molecule has 0 unspecified atom stereocenters. The molecule has 2 heteroatoms. The Labute approximate surface area is 41.8 Å². The van der Waals surface area contributed by atoms with Gasteiger partial charge in [-0.25, -0.2) is 0 Å². The Bertz CT molecular complexity index is 77.6. The van der Waals surface area contributed by atoms with Crippen molar-refractivity contribution in [3.05, 3.63) is 17.0 Å². The van der Waals surface area contributed by atoms with Crippen LogP contribution < -0.4 is 5.32 Å². The number of thioether (sulfide) groups is 1. The zero-order chi connectivity index (χ0) is 4.41. The van der Waals surface area contributed by atoms with Gasteiger partial charge in [0.05, 0.1) is 0 Å². The Hall–Kier alpha value is -0.110. The van der Waals surface area contributed by atoms with Crippen molar-refractivity contribution in [2.24, 2.45) is 0 Å². The molecular weight excluding hydrogens is 94.1 g/mol. The highest BCUT2D eigenvalue weighted by molar-refractivity contribution is 8.04. The highest BCUT2D eigenvalue weighted by Crippen LogP contribution is 2.14. The van der Waals surface area contributed by atoms with E-state index in [1.165, 1.54) is 5.70 Å². The van der Waals surface area contributed by atoms with Crippen LogP contribution in [-0.2, 0) is 0 Å². The fourth-order valence-corrected chi connectivity index (χ4v) is 0.891. The van der Waals surface area contributed by atoms with E-state index in [9.17, 15) is 0 Å². The van der Waals surface area contributed by atoms with E-state index in [1.54, 1.807) is 11.8 Å². The van der Waals surface area contributed by atoms with Gasteiger partial charge in [0, 0.05) is 5.70 Å². The summed E-state index contributed by atoms with van der Waals surface area (Å²) >= 11 is 1.68. The van der Waals surface area contributed by atoms with E-state index in [-0.39, 0.29) is 0 Å². The van der Waals surface area contributed by atoms with Crippen molar-refractivity contribution >= 4 is 11.8 Å². The molecule has 1 radical (unpaired) electrons. The van der Waals surface area contributed by atoms with Gasteiger partial charge in [-0.05, 0) is 12.3 Å². The molecule has 0 saturated heterocycles. The maximum absolute atomic E-state index is 3.02. The summed E-state index contributed by atoms with van der Waals surface area (Å²) in [6, 6.07) is 0. The Balaban J connectivity index is 2.45. The maximum Gasteiger partial charge on any atom is 0.106 e. The van der Waals surface area contributed by atoms with Crippen LogP contribution in [0.4, 0.5) is 0 Å². The van der Waals surface area contributed by atoms with Gasteiger partial charge in [0.2, 0.25) is 0 Å². The minimum atomic E-state index is 1.24. The van der Waals surface area contributed by atoms with Crippen molar-refractivity contribution in [2.75, 3.05) is 0 Å². The Morgan fingerprint density at radius 2 is 2.67 bits per heavy atom. The third-order valence-corrected chi connectivity index (χ3v) is 1.34. The molecule has 0 aromatic heterocycles. The third-order valence-electron chi connectivity index (χ3n) is 0.599. The lowest BCUT2D eigenvalue weighted by atomic mass is 10.6. The summed E-state index contributed by atoms with van der Waals surface area (Å²) < 4.78 is 0. The molecule has 0 aliphatic carbocycles. The van der Waals surface area contributed by atoms with Crippen LogP contribution >= 0.6 is 11.8 Å². The third kappa shape index (κ3) is 0.684. The van der Waals surface area contributed by atoms with Crippen molar-refractivity contribution in [1.29, 1.82) is 0 Å². The van der Waals surface area contributed by atoms with Crippen LogP contribution in [0.3, 0.4) is 0 Å². The molecule has 0 saturated carbocycles. The zero-order valence-corrected chi connectivity index (χ0v) is 4.38. The summed E-state index contributed by atoms with van der Waals surface area (Å²) in [7, 11) is 0. The van der Waals surface area contributed by atoms with E-state index in [0.29, 0.717) is 0 Å². The Morgan fingerprint density at radius 1 is 1.83 bits per heavy atom. The van der Waals surface area contributed by atoms with Crippen LogP contribution in [0.2, 0.25) is 0 Å². The first-order valence-electron chi connectivity index (χ1n) is 1.80. The van der Waals surface area contributed by atoms with Crippen LogP contribution in [-0.4, -0.2) is 0 Å². The number of rotatable bonds is 0. The van der Waals surface area contributed by atoms with Crippen molar-refractivity contribution in [1.82, 2.24) is 5.32 Å². The average Bonchev–Trinajstić information content (AvgIpc) is 1.86. The molecule has 1 aliphatic rings. The maximum atomic E-state index is 3.02. The van der Waals surface area contributed by atoms with E-state index in [1.807, 2.05) is 12.8 Å². The summed E-state index contributed by atoms with van der Waals surface area (Å²) in [4.78, 5) is 0. The molecule has 0 amide bonds. The van der Waals surface area contributed by atoms with Gasteiger partial charge in [0.15, 0.2) is 0 Å². The molecule has 1 aliphatic heterocycles.